The van der Waals surface area contributed by atoms with Crippen LogP contribution >= 0.6 is 22.6 Å². The minimum Gasteiger partial charge on any atom is -0.493 e. The molecule has 124 valence electrons. The van der Waals surface area contributed by atoms with Gasteiger partial charge >= 0.3 is 6.18 Å². The maximum absolute atomic E-state index is 12.9. The zero-order chi connectivity index (χ0) is 17.2. The number of ether oxygens (including phenoxy) is 2. The lowest BCUT2D eigenvalue weighted by Crippen LogP contribution is -2.16. The van der Waals surface area contributed by atoms with Gasteiger partial charge in [-0.2, -0.15) is 13.2 Å². The van der Waals surface area contributed by atoms with Gasteiger partial charge in [-0.25, -0.2) is 0 Å². The highest BCUT2D eigenvalue weighted by molar-refractivity contribution is 14.1. The summed E-state index contributed by atoms with van der Waals surface area (Å²) in [4.78, 5) is 0. The summed E-state index contributed by atoms with van der Waals surface area (Å²) in [6, 6.07) is 5.09. The van der Waals surface area contributed by atoms with Gasteiger partial charge in [0.25, 0.3) is 0 Å². The summed E-state index contributed by atoms with van der Waals surface area (Å²) in [6.45, 7) is 0. The van der Waals surface area contributed by atoms with E-state index in [2.05, 4.69) is 10.2 Å². The standard InChI is InChI=1S/C14H13F3IN3O2/c1-22-9-4-3-7(6-10(9)23-2)5-8-11(18)12(14(15,16)17)20-21-13(8)19/h3-4,6H,5H2,1-2H3,(H2,19,21). The lowest BCUT2D eigenvalue weighted by molar-refractivity contribution is -0.142. The first-order valence-electron chi connectivity index (χ1n) is 6.36. The molecular weight excluding hydrogens is 426 g/mol. The Labute approximate surface area is 144 Å². The van der Waals surface area contributed by atoms with Crippen molar-refractivity contribution in [3.05, 3.63) is 38.6 Å². The third kappa shape index (κ3) is 3.77. The molecule has 5 nitrogen and oxygen atoms in total. The quantitative estimate of drug-likeness (QED) is 0.741. The number of hydrogen-bond donors (Lipinski definition) is 1. The normalized spacial score (nSPS) is 11.4. The predicted molar refractivity (Wildman–Crippen MR) is 86.5 cm³/mol. The molecule has 1 aromatic heterocycles. The van der Waals surface area contributed by atoms with Crippen molar-refractivity contribution in [2.75, 3.05) is 20.0 Å². The number of methoxy groups -OCH3 is 2. The molecule has 0 saturated carbocycles. The van der Waals surface area contributed by atoms with Crippen molar-refractivity contribution in [1.82, 2.24) is 10.2 Å². The van der Waals surface area contributed by atoms with Crippen molar-refractivity contribution in [3.63, 3.8) is 0 Å². The van der Waals surface area contributed by atoms with Gasteiger partial charge in [0, 0.05) is 12.0 Å². The van der Waals surface area contributed by atoms with E-state index in [9.17, 15) is 13.2 Å². The molecule has 0 saturated heterocycles. The second-order valence-corrected chi connectivity index (χ2v) is 5.67. The highest BCUT2D eigenvalue weighted by Gasteiger charge is 2.37. The lowest BCUT2D eigenvalue weighted by Gasteiger charge is -2.14. The van der Waals surface area contributed by atoms with Crippen LogP contribution in [0.4, 0.5) is 19.0 Å². The molecule has 0 unspecified atom stereocenters. The van der Waals surface area contributed by atoms with Crippen LogP contribution in [0.15, 0.2) is 18.2 Å². The van der Waals surface area contributed by atoms with Gasteiger partial charge in [-0.15, -0.1) is 10.2 Å². The van der Waals surface area contributed by atoms with Crippen molar-refractivity contribution in [2.45, 2.75) is 12.6 Å². The second-order valence-electron chi connectivity index (χ2n) is 4.59. The average Bonchev–Trinajstić information content (AvgIpc) is 2.49. The lowest BCUT2D eigenvalue weighted by atomic mass is 10.0. The van der Waals surface area contributed by atoms with Crippen LogP contribution in [0.3, 0.4) is 0 Å². The monoisotopic (exact) mass is 439 g/mol. The van der Waals surface area contributed by atoms with E-state index in [4.69, 9.17) is 15.2 Å². The van der Waals surface area contributed by atoms with Gasteiger partial charge in [0.1, 0.15) is 0 Å². The Morgan fingerprint density at radius 2 is 1.78 bits per heavy atom. The van der Waals surface area contributed by atoms with Gasteiger partial charge in [0.05, 0.1) is 17.8 Å². The molecule has 1 heterocycles. The molecule has 0 aliphatic heterocycles. The summed E-state index contributed by atoms with van der Waals surface area (Å²) < 4.78 is 49.1. The summed E-state index contributed by atoms with van der Waals surface area (Å²) in [5.41, 5.74) is 5.66. The molecule has 0 fully saturated rings. The first-order chi connectivity index (χ1) is 10.8. The van der Waals surface area contributed by atoms with E-state index in [-0.39, 0.29) is 21.4 Å². The van der Waals surface area contributed by atoms with E-state index in [0.717, 1.165) is 0 Å². The zero-order valence-electron chi connectivity index (χ0n) is 12.2. The third-order valence-electron chi connectivity index (χ3n) is 3.14. The summed E-state index contributed by atoms with van der Waals surface area (Å²) >= 11 is 1.59. The molecule has 0 aliphatic carbocycles. The van der Waals surface area contributed by atoms with Crippen molar-refractivity contribution < 1.29 is 22.6 Å². The minimum atomic E-state index is -4.58. The highest BCUT2D eigenvalue weighted by atomic mass is 127. The van der Waals surface area contributed by atoms with E-state index in [1.807, 2.05) is 0 Å². The summed E-state index contributed by atoms with van der Waals surface area (Å²) in [7, 11) is 2.98. The fraction of sp³-hybridized carbons (Fsp3) is 0.286. The third-order valence-corrected chi connectivity index (χ3v) is 4.30. The summed E-state index contributed by atoms with van der Waals surface area (Å²) in [5.74, 6) is 0.983. The molecule has 0 bridgehead atoms. The molecule has 0 atom stereocenters. The molecule has 9 heteroatoms. The van der Waals surface area contributed by atoms with Gasteiger partial charge in [0.2, 0.25) is 0 Å². The minimum absolute atomic E-state index is 0.0304. The molecule has 23 heavy (non-hydrogen) atoms. The van der Waals surface area contributed by atoms with Crippen molar-refractivity contribution in [3.8, 4) is 11.5 Å². The number of halogens is 4. The molecule has 0 radical (unpaired) electrons. The SMILES string of the molecule is COc1ccc(Cc2c(N)nnc(C(F)(F)F)c2I)cc1OC. The first kappa shape index (κ1) is 17.6. The predicted octanol–water partition coefficient (Wildman–Crippen LogP) is 3.29. The van der Waals surface area contributed by atoms with Crippen LogP contribution in [-0.2, 0) is 12.6 Å². The van der Waals surface area contributed by atoms with Crippen LogP contribution in [0.2, 0.25) is 0 Å². The smallest absolute Gasteiger partial charge is 0.436 e. The molecule has 0 aliphatic rings. The van der Waals surface area contributed by atoms with Crippen LogP contribution < -0.4 is 15.2 Å². The topological polar surface area (TPSA) is 70.3 Å². The van der Waals surface area contributed by atoms with E-state index in [1.165, 1.54) is 14.2 Å². The first-order valence-corrected chi connectivity index (χ1v) is 7.44. The number of aromatic nitrogens is 2. The number of rotatable bonds is 4. The van der Waals surface area contributed by atoms with Crippen LogP contribution in [-0.4, -0.2) is 24.4 Å². The van der Waals surface area contributed by atoms with Crippen LogP contribution in [0.25, 0.3) is 0 Å². The highest BCUT2D eigenvalue weighted by Crippen LogP contribution is 2.35. The van der Waals surface area contributed by atoms with Gasteiger partial charge in [-0.3, -0.25) is 0 Å². The Bertz CT molecular complexity index is 723. The largest absolute Gasteiger partial charge is 0.493 e. The summed E-state index contributed by atoms with van der Waals surface area (Å²) in [5, 5.41) is 6.59. The van der Waals surface area contributed by atoms with Gasteiger partial charge < -0.3 is 15.2 Å². The molecule has 1 aromatic carbocycles. The Balaban J connectivity index is 2.44. The van der Waals surface area contributed by atoms with E-state index in [0.29, 0.717) is 17.1 Å². The Kier molecular flexibility index (Phi) is 5.17. The number of alkyl halides is 3. The fourth-order valence-electron chi connectivity index (χ4n) is 2.01. The van der Waals surface area contributed by atoms with Crippen LogP contribution in [0.5, 0.6) is 11.5 Å². The molecular formula is C14H13F3IN3O2. The number of anilines is 1. The van der Waals surface area contributed by atoms with E-state index < -0.39 is 11.9 Å². The van der Waals surface area contributed by atoms with Crippen LogP contribution in [0.1, 0.15) is 16.8 Å². The number of nitrogens with zero attached hydrogens (tertiary/aromatic N) is 2. The van der Waals surface area contributed by atoms with Gasteiger partial charge in [-0.1, -0.05) is 6.07 Å². The molecule has 2 rings (SSSR count). The van der Waals surface area contributed by atoms with E-state index >= 15 is 0 Å². The Hall–Kier alpha value is -1.78. The number of benzene rings is 1. The van der Waals surface area contributed by atoms with Crippen molar-refractivity contribution >= 4 is 28.4 Å². The summed E-state index contributed by atoms with van der Waals surface area (Å²) in [6.07, 6.45) is -4.41. The Morgan fingerprint density at radius 3 is 2.35 bits per heavy atom. The zero-order valence-corrected chi connectivity index (χ0v) is 14.4. The van der Waals surface area contributed by atoms with E-state index in [1.54, 1.807) is 40.8 Å². The number of nitrogens with two attached hydrogens (primary N) is 1. The maximum Gasteiger partial charge on any atom is 0.436 e. The molecule has 2 aromatic rings. The molecule has 0 spiro atoms. The van der Waals surface area contributed by atoms with Gasteiger partial charge in [-0.05, 0) is 40.3 Å². The van der Waals surface area contributed by atoms with Gasteiger partial charge in [0.15, 0.2) is 23.0 Å². The van der Waals surface area contributed by atoms with Crippen molar-refractivity contribution in [2.24, 2.45) is 0 Å². The average molecular weight is 439 g/mol. The number of hydrogen-bond acceptors (Lipinski definition) is 5. The van der Waals surface area contributed by atoms with Crippen LogP contribution in [0, 0.1) is 3.57 Å². The number of nitrogen functional groups attached to an aromatic ring is 1. The van der Waals surface area contributed by atoms with Crippen molar-refractivity contribution in [1.29, 1.82) is 0 Å². The molecule has 0 amide bonds. The Morgan fingerprint density at radius 1 is 1.13 bits per heavy atom. The molecule has 2 N–H and O–H groups in total. The maximum atomic E-state index is 12.9. The fourth-order valence-corrected chi connectivity index (χ4v) is 2.89. The second kappa shape index (κ2) is 6.77.